The minimum atomic E-state index is 0.202. The van der Waals surface area contributed by atoms with E-state index < -0.39 is 0 Å². The molecule has 1 aromatic rings. The molecule has 3 rings (SSSR count). The highest BCUT2D eigenvalue weighted by Crippen LogP contribution is 2.27. The summed E-state index contributed by atoms with van der Waals surface area (Å²) in [7, 11) is 0. The zero-order valence-corrected chi connectivity index (χ0v) is 11.4. The van der Waals surface area contributed by atoms with Crippen molar-refractivity contribution in [2.45, 2.75) is 45.1 Å². The van der Waals surface area contributed by atoms with Crippen molar-refractivity contribution in [2.75, 3.05) is 6.61 Å². The van der Waals surface area contributed by atoms with Gasteiger partial charge in [0, 0.05) is 18.4 Å². The van der Waals surface area contributed by atoms with Crippen molar-refractivity contribution in [3.05, 3.63) is 29.3 Å². The number of hydrogen-bond acceptors (Lipinski definition) is 2. The number of ether oxygens (including phenoxy) is 1. The third-order valence-electron chi connectivity index (χ3n) is 4.16. The van der Waals surface area contributed by atoms with Gasteiger partial charge < -0.3 is 10.1 Å². The normalized spacial score (nSPS) is 19.2. The van der Waals surface area contributed by atoms with Gasteiger partial charge in [0.1, 0.15) is 5.75 Å². The molecule has 0 bridgehead atoms. The molecule has 1 fully saturated rings. The molecule has 0 unspecified atom stereocenters. The molecule has 1 saturated carbocycles. The van der Waals surface area contributed by atoms with Crippen LogP contribution >= 0.6 is 0 Å². The molecule has 2 aliphatic rings. The lowest BCUT2D eigenvalue weighted by molar-refractivity contribution is -0.127. The van der Waals surface area contributed by atoms with Crippen LogP contribution in [0.5, 0.6) is 5.75 Å². The minimum absolute atomic E-state index is 0.202. The van der Waals surface area contributed by atoms with Crippen LogP contribution in [0.25, 0.3) is 0 Å². The highest BCUT2D eigenvalue weighted by atomic mass is 16.5. The molecule has 0 radical (unpaired) electrons. The Kier molecular flexibility index (Phi) is 3.45. The molecule has 19 heavy (non-hydrogen) atoms. The molecule has 0 spiro atoms. The second-order valence-electron chi connectivity index (χ2n) is 5.78. The van der Waals surface area contributed by atoms with Crippen molar-refractivity contribution in [3.8, 4) is 5.75 Å². The van der Waals surface area contributed by atoms with Gasteiger partial charge in [-0.1, -0.05) is 18.6 Å². The Labute approximate surface area is 114 Å². The topological polar surface area (TPSA) is 38.3 Å². The first-order valence-corrected chi connectivity index (χ1v) is 7.27. The summed E-state index contributed by atoms with van der Waals surface area (Å²) >= 11 is 0. The second kappa shape index (κ2) is 5.24. The zero-order valence-electron chi connectivity index (χ0n) is 11.4. The standard InChI is InChI=1S/C16H21NO2/c1-11(17-16(18)13-3-2-4-13)9-12-5-6-15-14(10-12)7-8-19-15/h5-6,10-11,13H,2-4,7-9H2,1H3,(H,17,18)/t11-/m1/s1. The van der Waals surface area contributed by atoms with Gasteiger partial charge in [-0.2, -0.15) is 0 Å². The van der Waals surface area contributed by atoms with E-state index in [1.54, 1.807) is 0 Å². The van der Waals surface area contributed by atoms with E-state index in [1.165, 1.54) is 17.5 Å². The Morgan fingerprint density at radius 3 is 3.05 bits per heavy atom. The SMILES string of the molecule is C[C@H](Cc1ccc2c(c1)CCO2)NC(=O)C1CCC1. The largest absolute Gasteiger partial charge is 0.493 e. The molecule has 1 aliphatic heterocycles. The van der Waals surface area contributed by atoms with Crippen LogP contribution in [-0.2, 0) is 17.6 Å². The van der Waals surface area contributed by atoms with Crippen molar-refractivity contribution >= 4 is 5.91 Å². The van der Waals surface area contributed by atoms with Crippen LogP contribution in [0.1, 0.15) is 37.3 Å². The van der Waals surface area contributed by atoms with Crippen molar-refractivity contribution in [2.24, 2.45) is 5.92 Å². The van der Waals surface area contributed by atoms with Crippen LogP contribution < -0.4 is 10.1 Å². The zero-order chi connectivity index (χ0) is 13.2. The van der Waals surface area contributed by atoms with Crippen molar-refractivity contribution < 1.29 is 9.53 Å². The summed E-state index contributed by atoms with van der Waals surface area (Å²) in [6.07, 6.45) is 5.23. The van der Waals surface area contributed by atoms with Gasteiger partial charge in [-0.05, 0) is 43.4 Å². The van der Waals surface area contributed by atoms with E-state index in [0.29, 0.717) is 0 Å². The van der Waals surface area contributed by atoms with Crippen molar-refractivity contribution in [1.82, 2.24) is 5.32 Å². The lowest BCUT2D eigenvalue weighted by Crippen LogP contribution is -2.40. The molecule has 0 aromatic heterocycles. The summed E-state index contributed by atoms with van der Waals surface area (Å²) in [6.45, 7) is 2.88. The maximum Gasteiger partial charge on any atom is 0.223 e. The monoisotopic (exact) mass is 259 g/mol. The van der Waals surface area contributed by atoms with Crippen LogP contribution in [0.15, 0.2) is 18.2 Å². The average Bonchev–Trinajstić information content (AvgIpc) is 2.73. The van der Waals surface area contributed by atoms with E-state index in [1.807, 2.05) is 0 Å². The number of nitrogens with one attached hydrogen (secondary N) is 1. The molecule has 0 saturated heterocycles. The van der Waals surface area contributed by atoms with Gasteiger partial charge in [0.25, 0.3) is 0 Å². The summed E-state index contributed by atoms with van der Waals surface area (Å²) in [4.78, 5) is 11.9. The smallest absolute Gasteiger partial charge is 0.223 e. The molecule has 1 amide bonds. The van der Waals surface area contributed by atoms with E-state index in [4.69, 9.17) is 4.74 Å². The Morgan fingerprint density at radius 1 is 1.47 bits per heavy atom. The molecule has 102 valence electrons. The van der Waals surface area contributed by atoms with Gasteiger partial charge >= 0.3 is 0 Å². The molecule has 3 nitrogen and oxygen atoms in total. The molecule has 3 heteroatoms. The number of fused-ring (bicyclic) bond motifs is 1. The van der Waals surface area contributed by atoms with Crippen LogP contribution in [-0.4, -0.2) is 18.6 Å². The average molecular weight is 259 g/mol. The lowest BCUT2D eigenvalue weighted by Gasteiger charge is -2.26. The van der Waals surface area contributed by atoms with Gasteiger partial charge in [0.05, 0.1) is 6.61 Å². The van der Waals surface area contributed by atoms with Crippen LogP contribution in [0.3, 0.4) is 0 Å². The Hall–Kier alpha value is -1.51. The minimum Gasteiger partial charge on any atom is -0.493 e. The first kappa shape index (κ1) is 12.5. The first-order valence-electron chi connectivity index (χ1n) is 7.27. The first-order chi connectivity index (χ1) is 9.22. The van der Waals surface area contributed by atoms with Gasteiger partial charge in [0.15, 0.2) is 0 Å². The number of carbonyl (C=O) groups excluding carboxylic acids is 1. The fourth-order valence-electron chi connectivity index (χ4n) is 2.80. The third kappa shape index (κ3) is 2.75. The summed E-state index contributed by atoms with van der Waals surface area (Å²) < 4.78 is 5.51. The van der Waals surface area contributed by atoms with Gasteiger partial charge in [0.2, 0.25) is 5.91 Å². The molecular formula is C16H21NO2. The second-order valence-corrected chi connectivity index (χ2v) is 5.78. The number of carbonyl (C=O) groups is 1. The van der Waals surface area contributed by atoms with E-state index in [9.17, 15) is 4.79 Å². The fourth-order valence-corrected chi connectivity index (χ4v) is 2.80. The van der Waals surface area contributed by atoms with Gasteiger partial charge in [-0.15, -0.1) is 0 Å². The summed E-state index contributed by atoms with van der Waals surface area (Å²) in [5.74, 6) is 1.54. The third-order valence-corrected chi connectivity index (χ3v) is 4.16. The van der Waals surface area contributed by atoms with Crippen LogP contribution in [0.2, 0.25) is 0 Å². The molecular weight excluding hydrogens is 238 g/mol. The van der Waals surface area contributed by atoms with Crippen LogP contribution in [0, 0.1) is 5.92 Å². The number of benzene rings is 1. The fraction of sp³-hybridized carbons (Fsp3) is 0.562. The summed E-state index contributed by atoms with van der Waals surface area (Å²) in [5, 5.41) is 3.13. The highest BCUT2D eigenvalue weighted by Gasteiger charge is 2.26. The lowest BCUT2D eigenvalue weighted by atomic mass is 9.84. The highest BCUT2D eigenvalue weighted by molar-refractivity contribution is 5.79. The Bertz CT molecular complexity index is 480. The van der Waals surface area contributed by atoms with E-state index >= 15 is 0 Å². The summed E-state index contributed by atoms with van der Waals surface area (Å²) in [6, 6.07) is 6.58. The predicted molar refractivity (Wildman–Crippen MR) is 74.3 cm³/mol. The van der Waals surface area contributed by atoms with E-state index in [0.717, 1.165) is 38.0 Å². The quantitative estimate of drug-likeness (QED) is 0.902. The van der Waals surface area contributed by atoms with Crippen LogP contribution in [0.4, 0.5) is 0 Å². The Morgan fingerprint density at radius 2 is 2.32 bits per heavy atom. The van der Waals surface area contributed by atoms with Crippen molar-refractivity contribution in [3.63, 3.8) is 0 Å². The number of rotatable bonds is 4. The van der Waals surface area contributed by atoms with E-state index in [2.05, 4.69) is 30.4 Å². The maximum atomic E-state index is 11.9. The molecule has 1 heterocycles. The van der Waals surface area contributed by atoms with Crippen molar-refractivity contribution in [1.29, 1.82) is 0 Å². The molecule has 1 aliphatic carbocycles. The number of hydrogen-bond donors (Lipinski definition) is 1. The van der Waals surface area contributed by atoms with Gasteiger partial charge in [-0.25, -0.2) is 0 Å². The molecule has 1 atom stereocenters. The molecule has 1 aromatic carbocycles. The molecule has 1 N–H and O–H groups in total. The predicted octanol–water partition coefficient (Wildman–Crippen LogP) is 2.47. The summed E-state index contributed by atoms with van der Waals surface area (Å²) in [5.41, 5.74) is 2.58. The Balaban J connectivity index is 1.56. The number of amides is 1. The maximum absolute atomic E-state index is 11.9. The van der Waals surface area contributed by atoms with E-state index in [-0.39, 0.29) is 17.9 Å². The van der Waals surface area contributed by atoms with Gasteiger partial charge in [-0.3, -0.25) is 4.79 Å².